The molecule has 2 aromatic heterocycles. The van der Waals surface area contributed by atoms with Crippen LogP contribution >= 0.6 is 0 Å². The topological polar surface area (TPSA) is 92.4 Å². The van der Waals surface area contributed by atoms with E-state index in [0.29, 0.717) is 41.3 Å². The number of nitrogens with zero attached hydrogens (tertiary/aromatic N) is 3. The first-order valence-electron chi connectivity index (χ1n) is 10.6. The normalized spacial score (nSPS) is 24.0. The van der Waals surface area contributed by atoms with Gasteiger partial charge in [0, 0.05) is 49.4 Å². The van der Waals surface area contributed by atoms with Crippen LogP contribution in [0.3, 0.4) is 0 Å². The van der Waals surface area contributed by atoms with Crippen LogP contribution in [-0.4, -0.2) is 58.1 Å². The molecular weight excluding hydrogens is 394 g/mol. The monoisotopic (exact) mass is 417 g/mol. The lowest BCUT2D eigenvalue weighted by Crippen LogP contribution is -2.50. The van der Waals surface area contributed by atoms with E-state index >= 15 is 0 Å². The Morgan fingerprint density at radius 2 is 2.10 bits per heavy atom. The van der Waals surface area contributed by atoms with Crippen LogP contribution in [0.2, 0.25) is 0 Å². The van der Waals surface area contributed by atoms with Gasteiger partial charge < -0.3 is 14.8 Å². The molecule has 3 aliphatic heterocycles. The van der Waals surface area contributed by atoms with Crippen molar-refractivity contribution < 1.29 is 14.3 Å². The van der Waals surface area contributed by atoms with Crippen molar-refractivity contribution in [3.8, 4) is 11.5 Å². The average Bonchev–Trinajstić information content (AvgIpc) is 3.45. The molecule has 8 heteroatoms. The van der Waals surface area contributed by atoms with Gasteiger partial charge in [0.05, 0.1) is 23.9 Å². The van der Waals surface area contributed by atoms with Gasteiger partial charge in [0.25, 0.3) is 0 Å². The maximum absolute atomic E-state index is 13.1. The van der Waals surface area contributed by atoms with Crippen molar-refractivity contribution in [3.05, 3.63) is 53.0 Å². The summed E-state index contributed by atoms with van der Waals surface area (Å²) in [5.41, 5.74) is 2.80. The first-order valence-corrected chi connectivity index (χ1v) is 10.6. The summed E-state index contributed by atoms with van der Waals surface area (Å²) in [6.07, 6.45) is 5.83. The number of likely N-dealkylation sites (tertiary alicyclic amines) is 1. The van der Waals surface area contributed by atoms with Crippen molar-refractivity contribution in [2.24, 2.45) is 0 Å². The number of rotatable bonds is 4. The number of ketones is 1. The Balaban J connectivity index is 1.35. The Labute approximate surface area is 179 Å². The Morgan fingerprint density at radius 1 is 1.26 bits per heavy atom. The van der Waals surface area contributed by atoms with E-state index in [1.807, 2.05) is 18.2 Å². The number of methoxy groups -OCH3 is 1. The second-order valence-corrected chi connectivity index (χ2v) is 8.40. The molecule has 31 heavy (non-hydrogen) atoms. The molecule has 0 aliphatic carbocycles. The molecule has 3 aromatic rings. The van der Waals surface area contributed by atoms with Gasteiger partial charge in [-0.15, -0.1) is 0 Å². The predicted molar refractivity (Wildman–Crippen MR) is 115 cm³/mol. The first kappa shape index (κ1) is 18.5. The summed E-state index contributed by atoms with van der Waals surface area (Å²) in [4.78, 5) is 19.8. The maximum Gasteiger partial charge on any atom is 0.232 e. The van der Waals surface area contributed by atoms with Crippen molar-refractivity contribution in [1.29, 1.82) is 0 Å². The van der Waals surface area contributed by atoms with Crippen LogP contribution < -0.4 is 14.8 Å². The van der Waals surface area contributed by atoms with Gasteiger partial charge in [0.1, 0.15) is 11.5 Å². The number of pyridine rings is 1. The third-order valence-electron chi connectivity index (χ3n) is 6.43. The Kier molecular flexibility index (Phi) is 4.29. The van der Waals surface area contributed by atoms with Gasteiger partial charge in [0.2, 0.25) is 5.78 Å². The van der Waals surface area contributed by atoms with Gasteiger partial charge in [-0.25, -0.2) is 4.98 Å². The summed E-state index contributed by atoms with van der Waals surface area (Å²) < 4.78 is 11.8. The number of hydrogen-bond donors (Lipinski definition) is 2. The molecule has 2 N–H and O–H groups in total. The number of nitrogens with one attached hydrogen (secondary N) is 2. The second-order valence-electron chi connectivity index (χ2n) is 8.40. The molecule has 158 valence electrons. The van der Waals surface area contributed by atoms with Crippen LogP contribution in [0, 0.1) is 0 Å². The van der Waals surface area contributed by atoms with Crippen LogP contribution in [-0.2, 0) is 6.54 Å². The van der Waals surface area contributed by atoms with Crippen molar-refractivity contribution >= 4 is 22.9 Å². The minimum Gasteiger partial charge on any atom is -0.496 e. The average molecular weight is 417 g/mol. The Bertz CT molecular complexity index is 1210. The molecule has 2 saturated heterocycles. The SMILES string of the molecule is COc1ccc2c(c1CN1CC3CCC(C1)N3)OC(=Cc1n[nH]c3ncccc13)C2=O. The summed E-state index contributed by atoms with van der Waals surface area (Å²) in [6, 6.07) is 8.49. The fraction of sp³-hybridized carbons (Fsp3) is 0.348. The van der Waals surface area contributed by atoms with E-state index in [0.717, 1.165) is 29.8 Å². The zero-order valence-corrected chi connectivity index (χ0v) is 17.2. The van der Waals surface area contributed by atoms with Gasteiger partial charge in [-0.2, -0.15) is 5.10 Å². The molecule has 6 rings (SSSR count). The molecule has 0 saturated carbocycles. The molecule has 5 heterocycles. The fourth-order valence-electron chi connectivity index (χ4n) is 4.98. The number of allylic oxidation sites excluding steroid dienone is 1. The summed E-state index contributed by atoms with van der Waals surface area (Å²) in [5, 5.41) is 11.7. The Hall–Kier alpha value is -3.23. The molecule has 3 aliphatic rings. The Morgan fingerprint density at radius 3 is 2.90 bits per heavy atom. The van der Waals surface area contributed by atoms with Crippen LogP contribution in [0.5, 0.6) is 11.5 Å². The molecule has 2 fully saturated rings. The highest BCUT2D eigenvalue weighted by molar-refractivity contribution is 6.15. The van der Waals surface area contributed by atoms with E-state index < -0.39 is 0 Å². The molecule has 0 amide bonds. The van der Waals surface area contributed by atoms with Crippen LogP contribution in [0.15, 0.2) is 36.2 Å². The molecule has 8 nitrogen and oxygen atoms in total. The van der Waals surface area contributed by atoms with Crippen molar-refractivity contribution in [1.82, 2.24) is 25.4 Å². The number of benzene rings is 1. The van der Waals surface area contributed by atoms with E-state index in [1.165, 1.54) is 12.8 Å². The quantitative estimate of drug-likeness (QED) is 0.630. The highest BCUT2D eigenvalue weighted by Crippen LogP contribution is 2.41. The molecule has 2 bridgehead atoms. The number of carbonyl (C=O) groups is 1. The van der Waals surface area contributed by atoms with E-state index in [4.69, 9.17) is 9.47 Å². The van der Waals surface area contributed by atoms with E-state index in [2.05, 4.69) is 25.4 Å². The van der Waals surface area contributed by atoms with Gasteiger partial charge in [-0.1, -0.05) is 0 Å². The minimum absolute atomic E-state index is 0.140. The number of Topliss-reactive ketones (excluding diaryl/α,β-unsaturated/α-hetero) is 1. The largest absolute Gasteiger partial charge is 0.496 e. The third-order valence-corrected chi connectivity index (χ3v) is 6.43. The number of H-pyrrole nitrogens is 1. The fourth-order valence-corrected chi connectivity index (χ4v) is 4.98. The summed E-state index contributed by atoms with van der Waals surface area (Å²) in [6.45, 7) is 2.68. The van der Waals surface area contributed by atoms with E-state index in [9.17, 15) is 4.79 Å². The number of ether oxygens (including phenoxy) is 2. The van der Waals surface area contributed by atoms with Crippen LogP contribution in [0.1, 0.15) is 34.5 Å². The molecule has 0 radical (unpaired) electrons. The zero-order chi connectivity index (χ0) is 20.9. The van der Waals surface area contributed by atoms with Crippen LogP contribution in [0.4, 0.5) is 0 Å². The molecule has 2 atom stereocenters. The number of hydrogen-bond acceptors (Lipinski definition) is 7. The summed E-state index contributed by atoms with van der Waals surface area (Å²) >= 11 is 0. The van der Waals surface area contributed by atoms with Gasteiger partial charge >= 0.3 is 0 Å². The van der Waals surface area contributed by atoms with Gasteiger partial charge in [-0.3, -0.25) is 14.8 Å². The lowest BCUT2D eigenvalue weighted by molar-refractivity contribution is 0.101. The number of aromatic nitrogens is 3. The van der Waals surface area contributed by atoms with E-state index in [-0.39, 0.29) is 11.5 Å². The second kappa shape index (κ2) is 7.18. The maximum atomic E-state index is 13.1. The van der Waals surface area contributed by atoms with Crippen molar-refractivity contribution in [2.45, 2.75) is 31.5 Å². The van der Waals surface area contributed by atoms with E-state index in [1.54, 1.807) is 25.4 Å². The highest BCUT2D eigenvalue weighted by atomic mass is 16.5. The molecular formula is C23H23N5O3. The van der Waals surface area contributed by atoms with Crippen LogP contribution in [0.25, 0.3) is 17.1 Å². The number of fused-ring (bicyclic) bond motifs is 4. The zero-order valence-electron chi connectivity index (χ0n) is 17.2. The lowest BCUT2D eigenvalue weighted by Gasteiger charge is -2.33. The number of piperazine rings is 1. The smallest absolute Gasteiger partial charge is 0.232 e. The van der Waals surface area contributed by atoms with Gasteiger partial charge in [-0.05, 0) is 37.1 Å². The first-order chi connectivity index (χ1) is 15.2. The third kappa shape index (κ3) is 3.10. The molecule has 0 spiro atoms. The lowest BCUT2D eigenvalue weighted by atomic mass is 10.0. The standard InChI is InChI=1S/C23H23N5O3/c1-30-19-7-6-16-21(29)20(9-18-15-3-2-8-24-23(15)27-26-18)31-22(16)17(19)12-28-10-13-4-5-14(11-28)25-13/h2-3,6-9,13-14,25H,4-5,10-12H2,1H3,(H,24,26,27). The van der Waals surface area contributed by atoms with Crippen molar-refractivity contribution in [3.63, 3.8) is 0 Å². The minimum atomic E-state index is -0.140. The van der Waals surface area contributed by atoms with Crippen molar-refractivity contribution in [2.75, 3.05) is 20.2 Å². The number of carbonyl (C=O) groups excluding carboxylic acids is 1. The highest BCUT2D eigenvalue weighted by Gasteiger charge is 2.35. The predicted octanol–water partition coefficient (Wildman–Crippen LogP) is 2.52. The molecule has 1 aromatic carbocycles. The number of aromatic amines is 1. The van der Waals surface area contributed by atoms with Gasteiger partial charge in [0.15, 0.2) is 11.4 Å². The molecule has 2 unspecified atom stereocenters. The summed E-state index contributed by atoms with van der Waals surface area (Å²) in [5.74, 6) is 1.47. The summed E-state index contributed by atoms with van der Waals surface area (Å²) in [7, 11) is 1.66.